The zero-order valence-corrected chi connectivity index (χ0v) is 14.2. The summed E-state index contributed by atoms with van der Waals surface area (Å²) in [5, 5.41) is 12.3. The Morgan fingerprint density at radius 2 is 2.00 bits per heavy atom. The number of amidine groups is 1. The number of nitrogens with two attached hydrogens (primary N) is 1. The van der Waals surface area contributed by atoms with Crippen molar-refractivity contribution in [3.05, 3.63) is 23.8 Å². The highest BCUT2D eigenvalue weighted by Gasteiger charge is 2.17. The molecule has 0 heterocycles. The van der Waals surface area contributed by atoms with Crippen LogP contribution in [0.25, 0.3) is 0 Å². The van der Waals surface area contributed by atoms with Crippen LogP contribution in [0.2, 0.25) is 0 Å². The molecule has 0 bridgehead atoms. The average molecular weight is 310 g/mol. The number of rotatable bonds is 8. The Labute approximate surface area is 131 Å². The lowest BCUT2D eigenvalue weighted by Gasteiger charge is -2.28. The Hall–Kier alpha value is -1.40. The highest BCUT2D eigenvalue weighted by Crippen LogP contribution is 2.29. The van der Waals surface area contributed by atoms with Crippen LogP contribution in [0.3, 0.4) is 0 Å². The second-order valence-electron chi connectivity index (χ2n) is 5.13. The van der Waals surface area contributed by atoms with Gasteiger partial charge in [-0.2, -0.15) is 0 Å². The molecule has 1 aromatic carbocycles. The van der Waals surface area contributed by atoms with Crippen LogP contribution >= 0.6 is 11.8 Å². The molecule has 0 spiro atoms. The Balaban J connectivity index is 3.22. The highest BCUT2D eigenvalue weighted by atomic mass is 32.2. The van der Waals surface area contributed by atoms with Gasteiger partial charge in [-0.05, 0) is 38.9 Å². The van der Waals surface area contributed by atoms with E-state index < -0.39 is 0 Å². The standard InChI is InChI=1S/C15H26N4OS/c1-5-9-19(11-10-18(2)3)12-7-6-8-13(21-4)14(12)15(16)17-20/h6-8,20H,5,9-11H2,1-4H3,(H2,16,17). The lowest BCUT2D eigenvalue weighted by molar-refractivity contribution is 0.318. The molecule has 0 unspecified atom stereocenters. The van der Waals surface area contributed by atoms with Gasteiger partial charge in [-0.1, -0.05) is 18.1 Å². The fourth-order valence-corrected chi connectivity index (χ4v) is 2.83. The van der Waals surface area contributed by atoms with E-state index in [0.29, 0.717) is 0 Å². The summed E-state index contributed by atoms with van der Waals surface area (Å²) in [4.78, 5) is 5.48. The van der Waals surface area contributed by atoms with Crippen molar-refractivity contribution in [1.82, 2.24) is 4.90 Å². The van der Waals surface area contributed by atoms with E-state index in [2.05, 4.69) is 36.0 Å². The maximum absolute atomic E-state index is 9.09. The van der Waals surface area contributed by atoms with Gasteiger partial charge in [0.15, 0.2) is 5.84 Å². The molecule has 1 rings (SSSR count). The molecule has 1 aromatic rings. The molecule has 0 radical (unpaired) electrons. The lowest BCUT2D eigenvalue weighted by Crippen LogP contribution is -2.34. The van der Waals surface area contributed by atoms with Crippen LogP contribution in [-0.2, 0) is 0 Å². The van der Waals surface area contributed by atoms with E-state index in [1.807, 2.05) is 24.5 Å². The summed E-state index contributed by atoms with van der Waals surface area (Å²) in [7, 11) is 4.12. The van der Waals surface area contributed by atoms with Gasteiger partial charge in [0.25, 0.3) is 0 Å². The number of oxime groups is 1. The third-order valence-corrected chi connectivity index (χ3v) is 4.02. The van der Waals surface area contributed by atoms with Gasteiger partial charge in [0, 0.05) is 30.2 Å². The van der Waals surface area contributed by atoms with Crippen molar-refractivity contribution in [3.63, 3.8) is 0 Å². The first-order chi connectivity index (χ1) is 10.0. The van der Waals surface area contributed by atoms with E-state index in [1.165, 1.54) is 0 Å². The van der Waals surface area contributed by atoms with Crippen molar-refractivity contribution in [2.24, 2.45) is 10.9 Å². The molecule has 21 heavy (non-hydrogen) atoms. The molecule has 0 atom stereocenters. The second kappa shape index (κ2) is 8.79. The van der Waals surface area contributed by atoms with Gasteiger partial charge in [0.05, 0.1) is 5.56 Å². The number of anilines is 1. The normalized spacial score (nSPS) is 12.0. The van der Waals surface area contributed by atoms with Gasteiger partial charge in [0.2, 0.25) is 0 Å². The molecule has 6 heteroatoms. The number of hydrogen-bond donors (Lipinski definition) is 2. The zero-order chi connectivity index (χ0) is 15.8. The topological polar surface area (TPSA) is 65.1 Å². The molecule has 0 aliphatic rings. The van der Waals surface area contributed by atoms with E-state index in [0.717, 1.165) is 42.2 Å². The summed E-state index contributed by atoms with van der Waals surface area (Å²) in [6, 6.07) is 6.06. The number of hydrogen-bond acceptors (Lipinski definition) is 5. The molecular weight excluding hydrogens is 284 g/mol. The molecule has 0 aliphatic heterocycles. The quantitative estimate of drug-likeness (QED) is 0.253. The van der Waals surface area contributed by atoms with E-state index in [4.69, 9.17) is 10.9 Å². The highest BCUT2D eigenvalue weighted by molar-refractivity contribution is 7.98. The summed E-state index contributed by atoms with van der Waals surface area (Å²) in [5.74, 6) is 0.168. The fraction of sp³-hybridized carbons (Fsp3) is 0.533. The minimum Gasteiger partial charge on any atom is -0.409 e. The van der Waals surface area contributed by atoms with Gasteiger partial charge in [-0.25, -0.2) is 0 Å². The van der Waals surface area contributed by atoms with Crippen molar-refractivity contribution in [2.45, 2.75) is 18.2 Å². The molecule has 0 fully saturated rings. The predicted molar refractivity (Wildman–Crippen MR) is 91.8 cm³/mol. The molecule has 0 saturated carbocycles. The van der Waals surface area contributed by atoms with E-state index >= 15 is 0 Å². The van der Waals surface area contributed by atoms with E-state index in [9.17, 15) is 0 Å². The Kier molecular flexibility index (Phi) is 7.39. The molecule has 0 amide bonds. The lowest BCUT2D eigenvalue weighted by atomic mass is 10.1. The van der Waals surface area contributed by atoms with Crippen LogP contribution < -0.4 is 10.6 Å². The van der Waals surface area contributed by atoms with Crippen LogP contribution in [0.15, 0.2) is 28.3 Å². The van der Waals surface area contributed by atoms with Crippen LogP contribution in [0.5, 0.6) is 0 Å². The predicted octanol–water partition coefficient (Wildman–Crippen LogP) is 2.28. The SMILES string of the molecule is CCCN(CCN(C)C)c1cccc(SC)c1/C(N)=N/O. The average Bonchev–Trinajstić information content (AvgIpc) is 2.49. The van der Waals surface area contributed by atoms with Crippen LogP contribution in [0.4, 0.5) is 5.69 Å². The largest absolute Gasteiger partial charge is 0.409 e. The van der Waals surface area contributed by atoms with Crippen molar-refractivity contribution in [1.29, 1.82) is 0 Å². The molecule has 0 aliphatic carbocycles. The third kappa shape index (κ3) is 4.82. The summed E-state index contributed by atoms with van der Waals surface area (Å²) >= 11 is 1.60. The Morgan fingerprint density at radius 1 is 1.29 bits per heavy atom. The molecule has 0 saturated heterocycles. The van der Waals surface area contributed by atoms with Crippen molar-refractivity contribution >= 4 is 23.3 Å². The second-order valence-corrected chi connectivity index (χ2v) is 5.98. The Bertz CT molecular complexity index is 477. The maximum atomic E-state index is 9.09. The summed E-state index contributed by atoms with van der Waals surface area (Å²) in [5.41, 5.74) is 7.76. The van der Waals surface area contributed by atoms with Gasteiger partial charge in [-0.3, -0.25) is 0 Å². The number of benzene rings is 1. The van der Waals surface area contributed by atoms with Gasteiger partial charge >= 0.3 is 0 Å². The first kappa shape index (κ1) is 17.7. The zero-order valence-electron chi connectivity index (χ0n) is 13.3. The first-order valence-corrected chi connectivity index (χ1v) is 8.32. The first-order valence-electron chi connectivity index (χ1n) is 7.09. The molecule has 0 aromatic heterocycles. The number of nitrogens with zero attached hydrogens (tertiary/aromatic N) is 3. The van der Waals surface area contributed by atoms with Gasteiger partial charge in [-0.15, -0.1) is 11.8 Å². The monoisotopic (exact) mass is 310 g/mol. The number of thioether (sulfide) groups is 1. The molecule has 5 nitrogen and oxygen atoms in total. The third-order valence-electron chi connectivity index (χ3n) is 3.24. The van der Waals surface area contributed by atoms with Crippen molar-refractivity contribution in [3.8, 4) is 0 Å². The van der Waals surface area contributed by atoms with Crippen LogP contribution in [-0.4, -0.2) is 55.9 Å². The summed E-state index contributed by atoms with van der Waals surface area (Å²) in [6.45, 7) is 4.96. The van der Waals surface area contributed by atoms with Crippen LogP contribution in [0.1, 0.15) is 18.9 Å². The summed E-state index contributed by atoms with van der Waals surface area (Å²) < 4.78 is 0. The summed E-state index contributed by atoms with van der Waals surface area (Å²) in [6.07, 6.45) is 3.05. The smallest absolute Gasteiger partial charge is 0.173 e. The molecular formula is C15H26N4OS. The minimum atomic E-state index is 0.168. The van der Waals surface area contributed by atoms with E-state index in [1.54, 1.807) is 11.8 Å². The van der Waals surface area contributed by atoms with Gasteiger partial charge < -0.3 is 20.7 Å². The maximum Gasteiger partial charge on any atom is 0.173 e. The fourth-order valence-electron chi connectivity index (χ4n) is 2.20. The Morgan fingerprint density at radius 3 is 2.52 bits per heavy atom. The van der Waals surface area contributed by atoms with Crippen LogP contribution in [0, 0.1) is 0 Å². The minimum absolute atomic E-state index is 0.168. The number of likely N-dealkylation sites (N-methyl/N-ethyl adjacent to an activating group) is 1. The van der Waals surface area contributed by atoms with Crippen molar-refractivity contribution in [2.75, 3.05) is 44.9 Å². The van der Waals surface area contributed by atoms with Gasteiger partial charge in [0.1, 0.15) is 0 Å². The van der Waals surface area contributed by atoms with E-state index in [-0.39, 0.29) is 5.84 Å². The molecule has 3 N–H and O–H groups in total. The van der Waals surface area contributed by atoms with Crippen molar-refractivity contribution < 1.29 is 5.21 Å². The molecule has 118 valence electrons.